The predicted molar refractivity (Wildman–Crippen MR) is 131 cm³/mol. The number of urea groups is 1. The Morgan fingerprint density at radius 2 is 1.63 bits per heavy atom. The summed E-state index contributed by atoms with van der Waals surface area (Å²) < 4.78 is 27.6. The van der Waals surface area contributed by atoms with E-state index in [-0.39, 0.29) is 4.90 Å². The number of nitrogens with one attached hydrogen (secondary N) is 2. The fourth-order valence-corrected chi connectivity index (χ4v) is 6.49. The molecule has 0 bridgehead atoms. The summed E-state index contributed by atoms with van der Waals surface area (Å²) in [5.41, 5.74) is -0.263. The largest absolute Gasteiger partial charge is 0.325 e. The van der Waals surface area contributed by atoms with Crippen LogP contribution in [0.2, 0.25) is 0 Å². The lowest BCUT2D eigenvalue weighted by atomic mass is 9.92. The molecule has 2 aliphatic rings. The van der Waals surface area contributed by atoms with E-state index >= 15 is 0 Å². The Kier molecular flexibility index (Phi) is 6.70. The van der Waals surface area contributed by atoms with Crippen LogP contribution < -0.4 is 10.6 Å². The fraction of sp³-hybridized carbons (Fsp3) is 0.400. The average molecular weight is 499 g/mol. The first-order chi connectivity index (χ1) is 16.5. The van der Waals surface area contributed by atoms with Crippen LogP contribution in [0.1, 0.15) is 32.8 Å². The monoisotopic (exact) mass is 498 g/mol. The van der Waals surface area contributed by atoms with Crippen LogP contribution in [0.4, 0.5) is 10.5 Å². The topological polar surface area (TPSA) is 116 Å². The van der Waals surface area contributed by atoms with Gasteiger partial charge in [-0.3, -0.25) is 14.5 Å². The molecule has 0 aromatic heterocycles. The molecule has 186 valence electrons. The fourth-order valence-electron chi connectivity index (χ4n) is 4.81. The Hall–Kier alpha value is -3.24. The molecule has 35 heavy (non-hydrogen) atoms. The minimum Gasteiger partial charge on any atom is -0.325 e. The standard InChI is InChI=1S/C25H30N4O5S/c1-17-13-18(2)15-28(14-17)35(33,34)21-11-9-20(10-12-21)26-22(30)16-29-23(31)25(3,27-24(29)32)19-7-5-4-6-8-19/h4-12,17-18H,13-16H2,1-3H3,(H,26,30)(H,27,32)/t17-,18+,25-/m1/s1. The molecule has 2 fully saturated rings. The van der Waals surface area contributed by atoms with Crippen LogP contribution in [0, 0.1) is 11.8 Å². The highest BCUT2D eigenvalue weighted by Crippen LogP contribution is 2.29. The summed E-state index contributed by atoms with van der Waals surface area (Å²) in [5.74, 6) is -0.502. The van der Waals surface area contributed by atoms with Gasteiger partial charge in [0.2, 0.25) is 15.9 Å². The number of carbonyl (C=O) groups is 3. The summed E-state index contributed by atoms with van der Waals surface area (Å²) in [4.78, 5) is 39.1. The van der Waals surface area contributed by atoms with E-state index < -0.39 is 40.0 Å². The van der Waals surface area contributed by atoms with Crippen LogP contribution in [0.3, 0.4) is 0 Å². The number of carbonyl (C=O) groups excluding carboxylic acids is 3. The van der Waals surface area contributed by atoms with Gasteiger partial charge >= 0.3 is 6.03 Å². The Bertz CT molecular complexity index is 1220. The summed E-state index contributed by atoms with van der Waals surface area (Å²) in [6.45, 7) is 6.20. The van der Waals surface area contributed by atoms with Crippen LogP contribution >= 0.6 is 0 Å². The van der Waals surface area contributed by atoms with Crippen molar-refractivity contribution in [2.24, 2.45) is 11.8 Å². The van der Waals surface area contributed by atoms with Crippen LogP contribution in [-0.2, 0) is 25.2 Å². The Morgan fingerprint density at radius 1 is 1.03 bits per heavy atom. The first kappa shape index (κ1) is 24.9. The van der Waals surface area contributed by atoms with Gasteiger partial charge in [-0.1, -0.05) is 44.2 Å². The van der Waals surface area contributed by atoms with Gasteiger partial charge in [-0.15, -0.1) is 0 Å². The van der Waals surface area contributed by atoms with Gasteiger partial charge < -0.3 is 10.6 Å². The lowest BCUT2D eigenvalue weighted by molar-refractivity contribution is -0.133. The van der Waals surface area contributed by atoms with Crippen LogP contribution in [0.5, 0.6) is 0 Å². The van der Waals surface area contributed by atoms with Crippen molar-refractivity contribution < 1.29 is 22.8 Å². The van der Waals surface area contributed by atoms with Crippen molar-refractivity contribution in [3.63, 3.8) is 0 Å². The lowest BCUT2D eigenvalue weighted by Gasteiger charge is -2.34. The quantitative estimate of drug-likeness (QED) is 0.594. The highest BCUT2D eigenvalue weighted by molar-refractivity contribution is 7.89. The number of amides is 4. The van der Waals surface area contributed by atoms with Gasteiger partial charge in [0.1, 0.15) is 12.1 Å². The third kappa shape index (κ3) is 4.94. The SMILES string of the molecule is C[C@@H]1C[C@H](C)CN(S(=O)(=O)c2ccc(NC(=O)CN3C(=O)N[C@](C)(c4ccccc4)C3=O)cc2)C1. The summed E-state index contributed by atoms with van der Waals surface area (Å²) in [5, 5.41) is 5.29. The number of nitrogens with zero attached hydrogens (tertiary/aromatic N) is 2. The van der Waals surface area contributed by atoms with Crippen LogP contribution in [0.25, 0.3) is 0 Å². The van der Waals surface area contributed by atoms with E-state index in [1.165, 1.54) is 28.6 Å². The van der Waals surface area contributed by atoms with Gasteiger partial charge in [-0.25, -0.2) is 13.2 Å². The third-order valence-electron chi connectivity index (χ3n) is 6.54. The average Bonchev–Trinajstić information content (AvgIpc) is 3.03. The molecule has 4 amide bonds. The molecule has 9 nitrogen and oxygen atoms in total. The minimum absolute atomic E-state index is 0.157. The number of anilines is 1. The van der Waals surface area contributed by atoms with Gasteiger partial charge in [-0.2, -0.15) is 4.31 Å². The molecule has 0 aliphatic carbocycles. The van der Waals surface area contributed by atoms with E-state index in [4.69, 9.17) is 0 Å². The van der Waals surface area contributed by atoms with Crippen molar-refractivity contribution >= 4 is 33.6 Å². The van der Waals surface area contributed by atoms with E-state index in [9.17, 15) is 22.8 Å². The zero-order valence-corrected chi connectivity index (χ0v) is 20.8. The summed E-state index contributed by atoms with van der Waals surface area (Å²) in [6.07, 6.45) is 0.999. The minimum atomic E-state index is -3.63. The highest BCUT2D eigenvalue weighted by atomic mass is 32.2. The molecule has 4 rings (SSSR count). The second-order valence-electron chi connectivity index (χ2n) is 9.65. The molecule has 0 saturated carbocycles. The molecule has 0 radical (unpaired) electrons. The lowest BCUT2D eigenvalue weighted by Crippen LogP contribution is -2.42. The highest BCUT2D eigenvalue weighted by Gasteiger charge is 2.49. The van der Waals surface area contributed by atoms with E-state index in [2.05, 4.69) is 10.6 Å². The Balaban J connectivity index is 1.41. The molecule has 0 spiro atoms. The van der Waals surface area contributed by atoms with Crippen molar-refractivity contribution in [1.29, 1.82) is 0 Å². The van der Waals surface area contributed by atoms with Crippen LogP contribution in [0.15, 0.2) is 59.5 Å². The zero-order valence-electron chi connectivity index (χ0n) is 20.0. The van der Waals surface area contributed by atoms with E-state index in [0.717, 1.165) is 11.3 Å². The molecule has 3 atom stereocenters. The summed E-state index contributed by atoms with van der Waals surface area (Å²) in [7, 11) is -3.63. The number of rotatable bonds is 6. The number of sulfonamides is 1. The smallest absolute Gasteiger partial charge is 0.325 e. The summed E-state index contributed by atoms with van der Waals surface area (Å²) >= 11 is 0. The molecule has 0 unspecified atom stereocenters. The number of hydrogen-bond donors (Lipinski definition) is 2. The zero-order chi connectivity index (χ0) is 25.4. The van der Waals surface area contributed by atoms with Gasteiger partial charge in [-0.05, 0) is 55.0 Å². The molecule has 2 N–H and O–H groups in total. The van der Waals surface area contributed by atoms with Gasteiger partial charge in [0.05, 0.1) is 4.90 Å². The van der Waals surface area contributed by atoms with Crippen molar-refractivity contribution in [2.45, 2.75) is 37.6 Å². The van der Waals surface area contributed by atoms with E-state index in [1.54, 1.807) is 31.2 Å². The van der Waals surface area contributed by atoms with Crippen molar-refractivity contribution in [2.75, 3.05) is 25.0 Å². The number of piperidine rings is 1. The summed E-state index contributed by atoms with van der Waals surface area (Å²) in [6, 6.07) is 14.1. The predicted octanol–water partition coefficient (Wildman–Crippen LogP) is 2.76. The van der Waals surface area contributed by atoms with Crippen LogP contribution in [-0.4, -0.2) is 55.1 Å². The second-order valence-corrected chi connectivity index (χ2v) is 11.6. The molecule has 2 heterocycles. The van der Waals surface area contributed by atoms with Crippen molar-refractivity contribution in [3.8, 4) is 0 Å². The molecule has 2 aromatic rings. The Morgan fingerprint density at radius 3 is 2.23 bits per heavy atom. The molecular weight excluding hydrogens is 468 g/mol. The van der Waals surface area contributed by atoms with E-state index in [0.29, 0.717) is 36.2 Å². The number of benzene rings is 2. The first-order valence-corrected chi connectivity index (χ1v) is 13.0. The molecule has 10 heteroatoms. The number of imide groups is 1. The van der Waals surface area contributed by atoms with Crippen molar-refractivity contribution in [3.05, 3.63) is 60.2 Å². The maximum absolute atomic E-state index is 13.0. The van der Waals surface area contributed by atoms with E-state index in [1.807, 2.05) is 19.9 Å². The van der Waals surface area contributed by atoms with Crippen molar-refractivity contribution in [1.82, 2.24) is 14.5 Å². The number of hydrogen-bond acceptors (Lipinski definition) is 5. The molecular formula is C25H30N4O5S. The normalized spacial score (nSPS) is 25.4. The second kappa shape index (κ2) is 9.43. The first-order valence-electron chi connectivity index (χ1n) is 11.6. The maximum Gasteiger partial charge on any atom is 0.325 e. The molecule has 2 saturated heterocycles. The third-order valence-corrected chi connectivity index (χ3v) is 8.38. The van der Waals surface area contributed by atoms with Gasteiger partial charge in [0, 0.05) is 18.8 Å². The molecule has 2 aliphatic heterocycles. The molecule has 2 aromatic carbocycles. The van der Waals surface area contributed by atoms with Gasteiger partial charge in [0.25, 0.3) is 5.91 Å². The van der Waals surface area contributed by atoms with Gasteiger partial charge in [0.15, 0.2) is 0 Å². The maximum atomic E-state index is 13.0. The Labute approximate surface area is 205 Å².